The first-order valence-electron chi connectivity index (χ1n) is 12.5. The van der Waals surface area contributed by atoms with Crippen molar-refractivity contribution in [3.8, 4) is 0 Å². The minimum atomic E-state index is -0.270. The summed E-state index contributed by atoms with van der Waals surface area (Å²) < 4.78 is 0. The monoisotopic (exact) mass is 447 g/mol. The minimum absolute atomic E-state index is 0.0230. The molecule has 1 aliphatic carbocycles. The lowest BCUT2D eigenvalue weighted by atomic mass is 9.61. The van der Waals surface area contributed by atoms with Crippen LogP contribution >= 0.6 is 0 Å². The highest BCUT2D eigenvalue weighted by Crippen LogP contribution is 2.48. The summed E-state index contributed by atoms with van der Waals surface area (Å²) in [6.45, 7) is 7.65. The van der Waals surface area contributed by atoms with Gasteiger partial charge in [0.2, 0.25) is 17.7 Å². The fraction of sp³-hybridized carbons (Fsp3) is 0.840. The largest absolute Gasteiger partial charge is 0.335 e. The molecule has 7 nitrogen and oxygen atoms in total. The van der Waals surface area contributed by atoms with E-state index in [0.717, 1.165) is 57.8 Å². The topological polar surface area (TPSA) is 86.8 Å². The Morgan fingerprint density at radius 3 is 2.12 bits per heavy atom. The van der Waals surface area contributed by atoms with E-state index in [1.54, 1.807) is 0 Å². The van der Waals surface area contributed by atoms with Gasteiger partial charge in [-0.05, 0) is 62.2 Å². The summed E-state index contributed by atoms with van der Waals surface area (Å²) in [4.78, 5) is 53.2. The normalized spacial score (nSPS) is 29.3. The van der Waals surface area contributed by atoms with Crippen LogP contribution in [-0.2, 0) is 14.4 Å². The van der Waals surface area contributed by atoms with Crippen LogP contribution in [0.15, 0.2) is 0 Å². The zero-order chi connectivity index (χ0) is 23.4. The van der Waals surface area contributed by atoms with Crippen LogP contribution in [0.1, 0.15) is 104 Å². The van der Waals surface area contributed by atoms with Gasteiger partial charge < -0.3 is 5.32 Å². The van der Waals surface area contributed by atoms with Crippen molar-refractivity contribution >= 4 is 23.8 Å². The molecular formula is C25H41N3O4. The smallest absolute Gasteiger partial charge is 0.324 e. The molecule has 3 aliphatic rings. The second kappa shape index (κ2) is 10.3. The highest BCUT2D eigenvalue weighted by atomic mass is 16.2. The first-order chi connectivity index (χ1) is 15.1. The third-order valence-electron chi connectivity index (χ3n) is 7.41. The lowest BCUT2D eigenvalue weighted by Crippen LogP contribution is -2.52. The summed E-state index contributed by atoms with van der Waals surface area (Å²) in [5.41, 5.74) is -0.0811. The first kappa shape index (κ1) is 24.7. The van der Waals surface area contributed by atoms with Crippen molar-refractivity contribution in [2.75, 3.05) is 13.1 Å². The van der Waals surface area contributed by atoms with Crippen LogP contribution in [0.3, 0.4) is 0 Å². The lowest BCUT2D eigenvalue weighted by molar-refractivity contribution is -0.145. The van der Waals surface area contributed by atoms with Gasteiger partial charge in [-0.3, -0.25) is 24.2 Å². The van der Waals surface area contributed by atoms with E-state index in [0.29, 0.717) is 38.8 Å². The maximum Gasteiger partial charge on any atom is 0.324 e. The standard InChI is InChI=1S/C25H41N3O4/c1-24(2)16-19(26-23(32)28-15-9-5-7-11-21(28)30)17-25(3,18-24)13-12-22(31)27-14-8-4-6-10-20(27)29/h19H,4-18H2,1-3H3,(H,26,32). The summed E-state index contributed by atoms with van der Waals surface area (Å²) in [6.07, 6.45) is 10.1. The van der Waals surface area contributed by atoms with Gasteiger partial charge in [0.15, 0.2) is 0 Å². The molecule has 2 heterocycles. The molecule has 2 aliphatic heterocycles. The number of carbonyl (C=O) groups excluding carboxylic acids is 4. The molecule has 32 heavy (non-hydrogen) atoms. The Morgan fingerprint density at radius 1 is 0.875 bits per heavy atom. The van der Waals surface area contributed by atoms with Crippen LogP contribution in [0.2, 0.25) is 0 Å². The molecule has 1 N–H and O–H groups in total. The van der Waals surface area contributed by atoms with Gasteiger partial charge in [-0.2, -0.15) is 0 Å². The average Bonchev–Trinajstić information content (AvgIpc) is 3.04. The van der Waals surface area contributed by atoms with E-state index in [2.05, 4.69) is 26.1 Å². The number of urea groups is 1. The lowest BCUT2D eigenvalue weighted by Gasteiger charge is -2.47. The molecule has 0 spiro atoms. The molecule has 1 saturated carbocycles. The van der Waals surface area contributed by atoms with E-state index in [1.807, 2.05) is 0 Å². The highest BCUT2D eigenvalue weighted by Gasteiger charge is 2.42. The number of nitrogens with one attached hydrogen (secondary N) is 1. The Labute approximate surface area is 192 Å². The van der Waals surface area contributed by atoms with Crippen LogP contribution in [0.5, 0.6) is 0 Å². The summed E-state index contributed by atoms with van der Waals surface area (Å²) in [5.74, 6) is -0.170. The number of hydrogen-bond donors (Lipinski definition) is 1. The molecule has 7 heteroatoms. The summed E-state index contributed by atoms with van der Waals surface area (Å²) in [6, 6.07) is -0.296. The van der Waals surface area contributed by atoms with Gasteiger partial charge in [-0.1, -0.05) is 33.6 Å². The van der Waals surface area contributed by atoms with E-state index in [1.165, 1.54) is 9.80 Å². The highest BCUT2D eigenvalue weighted by molar-refractivity contribution is 5.95. The molecule has 180 valence electrons. The number of hydrogen-bond acceptors (Lipinski definition) is 4. The van der Waals surface area contributed by atoms with Gasteiger partial charge in [-0.25, -0.2) is 4.79 Å². The van der Waals surface area contributed by atoms with Crippen LogP contribution in [0.25, 0.3) is 0 Å². The zero-order valence-corrected chi connectivity index (χ0v) is 20.2. The van der Waals surface area contributed by atoms with Crippen molar-refractivity contribution in [2.24, 2.45) is 10.8 Å². The summed E-state index contributed by atoms with van der Waals surface area (Å²) in [5, 5.41) is 3.14. The molecule has 2 unspecified atom stereocenters. The molecule has 3 fully saturated rings. The van der Waals surface area contributed by atoms with E-state index in [4.69, 9.17) is 0 Å². The maximum absolute atomic E-state index is 12.9. The third-order valence-corrected chi connectivity index (χ3v) is 7.41. The third kappa shape index (κ3) is 6.55. The van der Waals surface area contributed by atoms with Crippen molar-refractivity contribution in [1.82, 2.24) is 15.1 Å². The van der Waals surface area contributed by atoms with Crippen LogP contribution in [0, 0.1) is 10.8 Å². The van der Waals surface area contributed by atoms with Crippen LogP contribution in [0.4, 0.5) is 4.79 Å². The van der Waals surface area contributed by atoms with Gasteiger partial charge >= 0.3 is 6.03 Å². The number of likely N-dealkylation sites (tertiary alicyclic amines) is 2. The van der Waals surface area contributed by atoms with Crippen LogP contribution in [-0.4, -0.2) is 52.7 Å². The zero-order valence-electron chi connectivity index (χ0n) is 20.2. The van der Waals surface area contributed by atoms with E-state index in [9.17, 15) is 19.2 Å². The number of rotatable bonds is 4. The Hall–Kier alpha value is -1.92. The molecule has 3 rings (SSSR count). The number of imide groups is 2. The summed E-state index contributed by atoms with van der Waals surface area (Å²) in [7, 11) is 0. The van der Waals surface area contributed by atoms with Crippen molar-refractivity contribution < 1.29 is 19.2 Å². The SMILES string of the molecule is CC1(C)CC(NC(=O)N2CCCCCC2=O)CC(C)(CCC(=O)N2CCCCCC2=O)C1. The first-order valence-corrected chi connectivity index (χ1v) is 12.5. The quantitative estimate of drug-likeness (QED) is 0.692. The van der Waals surface area contributed by atoms with Crippen molar-refractivity contribution in [2.45, 2.75) is 110 Å². The van der Waals surface area contributed by atoms with E-state index < -0.39 is 0 Å². The van der Waals surface area contributed by atoms with Crippen molar-refractivity contribution in [3.05, 3.63) is 0 Å². The molecule has 0 aromatic carbocycles. The van der Waals surface area contributed by atoms with Gasteiger partial charge in [0.05, 0.1) is 0 Å². The van der Waals surface area contributed by atoms with Gasteiger partial charge in [0.25, 0.3) is 0 Å². The molecule has 0 aromatic rings. The van der Waals surface area contributed by atoms with Gasteiger partial charge in [0, 0.05) is 38.4 Å². The predicted octanol–water partition coefficient (Wildman–Crippen LogP) is 4.39. The van der Waals surface area contributed by atoms with Gasteiger partial charge in [0.1, 0.15) is 0 Å². The fourth-order valence-electron chi connectivity index (χ4n) is 6.17. The van der Waals surface area contributed by atoms with Crippen molar-refractivity contribution in [1.29, 1.82) is 0 Å². The molecule has 0 radical (unpaired) electrons. The molecule has 0 bridgehead atoms. The minimum Gasteiger partial charge on any atom is -0.335 e. The van der Waals surface area contributed by atoms with Crippen molar-refractivity contribution in [3.63, 3.8) is 0 Å². The molecule has 5 amide bonds. The Balaban J connectivity index is 1.61. The second-order valence-electron chi connectivity index (χ2n) is 11.3. The predicted molar refractivity (Wildman–Crippen MR) is 123 cm³/mol. The van der Waals surface area contributed by atoms with Crippen LogP contribution < -0.4 is 5.32 Å². The Kier molecular flexibility index (Phi) is 7.99. The number of carbonyl (C=O) groups is 4. The number of nitrogens with zero attached hydrogens (tertiary/aromatic N) is 2. The Morgan fingerprint density at radius 2 is 1.47 bits per heavy atom. The van der Waals surface area contributed by atoms with Gasteiger partial charge in [-0.15, -0.1) is 0 Å². The maximum atomic E-state index is 12.9. The summed E-state index contributed by atoms with van der Waals surface area (Å²) >= 11 is 0. The molecule has 0 aromatic heterocycles. The van der Waals surface area contributed by atoms with E-state index in [-0.39, 0.29) is 40.6 Å². The Bertz CT molecular complexity index is 735. The second-order valence-corrected chi connectivity index (χ2v) is 11.3. The van der Waals surface area contributed by atoms with E-state index >= 15 is 0 Å². The average molecular weight is 448 g/mol. The molecule has 2 saturated heterocycles. The fourth-order valence-corrected chi connectivity index (χ4v) is 6.17. The number of amides is 5. The molecular weight excluding hydrogens is 406 g/mol. The molecule has 2 atom stereocenters.